The van der Waals surface area contributed by atoms with Crippen LogP contribution in [-0.4, -0.2) is 4.98 Å². The second-order valence-corrected chi connectivity index (χ2v) is 5.96. The van der Waals surface area contributed by atoms with Gasteiger partial charge in [0.2, 0.25) is 0 Å². The number of nitrogens with one attached hydrogen (secondary N) is 1. The number of hydrogen-bond acceptors (Lipinski definition) is 3. The largest absolute Gasteiger partial charge is 0.379 e. The highest BCUT2D eigenvalue weighted by atomic mass is 32.1. The maximum Gasteiger partial charge on any atom is 0.112 e. The molecule has 4 rings (SSSR count). The molecule has 1 aliphatic rings. The van der Waals surface area contributed by atoms with E-state index < -0.39 is 0 Å². The van der Waals surface area contributed by atoms with Gasteiger partial charge in [0, 0.05) is 17.3 Å². The standard InChI is InChI=1S/C17H14N2S/c1-2-4-15-12(3-1)9-13-10-14(5-6-16(13)15)19-11-17-18-7-8-20-17/h1-8,10,19H,9,11H2. The van der Waals surface area contributed by atoms with Crippen LogP contribution in [0, 0.1) is 0 Å². The van der Waals surface area contributed by atoms with Crippen LogP contribution in [0.4, 0.5) is 5.69 Å². The minimum Gasteiger partial charge on any atom is -0.379 e. The lowest BCUT2D eigenvalue weighted by Crippen LogP contribution is -1.99. The van der Waals surface area contributed by atoms with E-state index in [2.05, 4.69) is 52.8 Å². The van der Waals surface area contributed by atoms with Gasteiger partial charge in [0.15, 0.2) is 0 Å². The fourth-order valence-corrected chi connectivity index (χ4v) is 3.33. The predicted molar refractivity (Wildman–Crippen MR) is 84.1 cm³/mol. The number of rotatable bonds is 3. The third-order valence-electron chi connectivity index (χ3n) is 3.72. The summed E-state index contributed by atoms with van der Waals surface area (Å²) in [6, 6.07) is 15.3. The van der Waals surface area contributed by atoms with Crippen molar-refractivity contribution in [2.45, 2.75) is 13.0 Å². The Hall–Kier alpha value is -2.13. The van der Waals surface area contributed by atoms with E-state index in [9.17, 15) is 0 Å². The van der Waals surface area contributed by atoms with E-state index in [0.29, 0.717) is 0 Å². The topological polar surface area (TPSA) is 24.9 Å². The lowest BCUT2D eigenvalue weighted by molar-refractivity contribution is 1.10. The number of thiazole rings is 1. The monoisotopic (exact) mass is 278 g/mol. The van der Waals surface area contributed by atoms with Gasteiger partial charge in [-0.15, -0.1) is 11.3 Å². The first kappa shape index (κ1) is 11.7. The Morgan fingerprint density at radius 1 is 1.05 bits per heavy atom. The van der Waals surface area contributed by atoms with Crippen LogP contribution in [0.1, 0.15) is 16.1 Å². The molecule has 2 aromatic carbocycles. The Bertz CT molecular complexity index is 747. The van der Waals surface area contributed by atoms with Crippen molar-refractivity contribution in [1.82, 2.24) is 4.98 Å². The summed E-state index contributed by atoms with van der Waals surface area (Å²) in [4.78, 5) is 4.29. The predicted octanol–water partition coefficient (Wildman–Crippen LogP) is 4.33. The third-order valence-corrected chi connectivity index (χ3v) is 4.50. The first-order valence-electron chi connectivity index (χ1n) is 6.73. The van der Waals surface area contributed by atoms with Gasteiger partial charge >= 0.3 is 0 Å². The van der Waals surface area contributed by atoms with Gasteiger partial charge in [0.1, 0.15) is 5.01 Å². The van der Waals surface area contributed by atoms with Crippen molar-refractivity contribution >= 4 is 17.0 Å². The summed E-state index contributed by atoms with van der Waals surface area (Å²) in [6.45, 7) is 0.795. The highest BCUT2D eigenvalue weighted by molar-refractivity contribution is 7.09. The highest BCUT2D eigenvalue weighted by Crippen LogP contribution is 2.37. The van der Waals surface area contributed by atoms with Crippen LogP contribution in [0.15, 0.2) is 54.0 Å². The molecular formula is C17H14N2S. The van der Waals surface area contributed by atoms with Crippen molar-refractivity contribution in [3.05, 3.63) is 70.2 Å². The normalized spacial score (nSPS) is 12.0. The molecule has 0 bridgehead atoms. The SMILES string of the molecule is c1ccc2c(c1)Cc1cc(NCc3nccs3)ccc1-2. The number of nitrogens with zero attached hydrogens (tertiary/aromatic N) is 1. The summed E-state index contributed by atoms with van der Waals surface area (Å²) < 4.78 is 0. The van der Waals surface area contributed by atoms with Crippen LogP contribution in [0.2, 0.25) is 0 Å². The van der Waals surface area contributed by atoms with Gasteiger partial charge in [-0.2, -0.15) is 0 Å². The lowest BCUT2D eigenvalue weighted by Gasteiger charge is -2.07. The van der Waals surface area contributed by atoms with Crippen LogP contribution in [0.25, 0.3) is 11.1 Å². The number of anilines is 1. The fraction of sp³-hybridized carbons (Fsp3) is 0.118. The number of hydrogen-bond donors (Lipinski definition) is 1. The molecule has 1 aliphatic carbocycles. The van der Waals surface area contributed by atoms with Gasteiger partial charge in [0.25, 0.3) is 0 Å². The molecule has 0 atom stereocenters. The molecule has 0 saturated carbocycles. The maximum atomic E-state index is 4.29. The molecule has 2 nitrogen and oxygen atoms in total. The zero-order valence-corrected chi connectivity index (χ0v) is 11.8. The first-order chi connectivity index (χ1) is 9.90. The quantitative estimate of drug-likeness (QED) is 0.603. The number of fused-ring (bicyclic) bond motifs is 3. The van der Waals surface area contributed by atoms with Gasteiger partial charge in [-0.05, 0) is 40.8 Å². The van der Waals surface area contributed by atoms with E-state index in [4.69, 9.17) is 0 Å². The van der Waals surface area contributed by atoms with Crippen LogP contribution in [0.3, 0.4) is 0 Å². The van der Waals surface area contributed by atoms with Gasteiger partial charge in [0.05, 0.1) is 6.54 Å². The Morgan fingerprint density at radius 3 is 2.85 bits per heavy atom. The first-order valence-corrected chi connectivity index (χ1v) is 7.61. The zero-order chi connectivity index (χ0) is 13.4. The minimum atomic E-state index is 0.795. The van der Waals surface area contributed by atoms with E-state index in [1.54, 1.807) is 11.3 Å². The van der Waals surface area contributed by atoms with Crippen LogP contribution < -0.4 is 5.32 Å². The molecule has 20 heavy (non-hydrogen) atoms. The van der Waals surface area contributed by atoms with E-state index in [-0.39, 0.29) is 0 Å². The molecule has 0 amide bonds. The molecule has 98 valence electrons. The smallest absolute Gasteiger partial charge is 0.112 e. The van der Waals surface area contributed by atoms with Gasteiger partial charge in [-0.25, -0.2) is 4.98 Å². The van der Waals surface area contributed by atoms with Gasteiger partial charge in [-0.1, -0.05) is 30.3 Å². The van der Waals surface area contributed by atoms with Crippen molar-refractivity contribution in [2.24, 2.45) is 0 Å². The fourth-order valence-electron chi connectivity index (χ4n) is 2.77. The summed E-state index contributed by atoms with van der Waals surface area (Å²) in [5, 5.41) is 6.58. The van der Waals surface area contributed by atoms with Gasteiger partial charge < -0.3 is 5.32 Å². The van der Waals surface area contributed by atoms with Crippen molar-refractivity contribution < 1.29 is 0 Å². The zero-order valence-electron chi connectivity index (χ0n) is 11.0. The van der Waals surface area contributed by atoms with Crippen molar-refractivity contribution in [2.75, 3.05) is 5.32 Å². The summed E-state index contributed by atoms with van der Waals surface area (Å²) in [5.41, 5.74) is 6.77. The molecular weight excluding hydrogens is 264 g/mol. The Kier molecular flexibility index (Phi) is 2.78. The molecule has 1 aromatic heterocycles. The Labute approximate surface area is 122 Å². The van der Waals surface area contributed by atoms with Gasteiger partial charge in [-0.3, -0.25) is 0 Å². The molecule has 0 unspecified atom stereocenters. The highest BCUT2D eigenvalue weighted by Gasteiger charge is 2.17. The molecule has 1 heterocycles. The summed E-state index contributed by atoms with van der Waals surface area (Å²) in [7, 11) is 0. The van der Waals surface area contributed by atoms with Crippen molar-refractivity contribution in [1.29, 1.82) is 0 Å². The molecule has 0 aliphatic heterocycles. The number of aromatic nitrogens is 1. The summed E-state index contributed by atoms with van der Waals surface area (Å²) in [6.07, 6.45) is 2.89. The van der Waals surface area contributed by atoms with E-state index >= 15 is 0 Å². The van der Waals surface area contributed by atoms with Crippen LogP contribution >= 0.6 is 11.3 Å². The maximum absolute atomic E-state index is 4.29. The molecule has 3 aromatic rings. The Balaban J connectivity index is 1.59. The van der Waals surface area contributed by atoms with Crippen LogP contribution in [-0.2, 0) is 13.0 Å². The molecule has 0 saturated heterocycles. The van der Waals surface area contributed by atoms with Crippen molar-refractivity contribution in [3.63, 3.8) is 0 Å². The summed E-state index contributed by atoms with van der Waals surface area (Å²) >= 11 is 1.68. The van der Waals surface area contributed by atoms with Crippen LogP contribution in [0.5, 0.6) is 0 Å². The summed E-state index contributed by atoms with van der Waals surface area (Å²) in [5.74, 6) is 0. The second-order valence-electron chi connectivity index (χ2n) is 4.99. The average molecular weight is 278 g/mol. The number of benzene rings is 2. The third kappa shape index (κ3) is 2.00. The van der Waals surface area contributed by atoms with E-state index in [0.717, 1.165) is 18.0 Å². The molecule has 0 radical (unpaired) electrons. The molecule has 3 heteroatoms. The van der Waals surface area contributed by atoms with Crippen molar-refractivity contribution in [3.8, 4) is 11.1 Å². The molecule has 1 N–H and O–H groups in total. The Morgan fingerprint density at radius 2 is 1.95 bits per heavy atom. The van der Waals surface area contributed by atoms with E-state index in [1.165, 1.54) is 27.9 Å². The minimum absolute atomic E-state index is 0.795. The second kappa shape index (κ2) is 4.76. The van der Waals surface area contributed by atoms with E-state index in [1.807, 2.05) is 11.6 Å². The molecule has 0 fully saturated rings. The lowest BCUT2D eigenvalue weighted by atomic mass is 10.1. The molecule has 0 spiro atoms. The average Bonchev–Trinajstić information content (AvgIpc) is 3.12.